The Balaban J connectivity index is 2.21. The number of nitrogen functional groups attached to an aromatic ring is 1. The van der Waals surface area contributed by atoms with Gasteiger partial charge in [0.05, 0.1) is 6.61 Å². The van der Waals surface area contributed by atoms with Crippen LogP contribution in [0.25, 0.3) is 11.2 Å². The van der Waals surface area contributed by atoms with Gasteiger partial charge in [-0.2, -0.15) is 9.97 Å². The second-order valence-electron chi connectivity index (χ2n) is 5.48. The van der Waals surface area contributed by atoms with Gasteiger partial charge in [-0.05, 0) is 6.92 Å². The Hall–Kier alpha value is -1.28. The number of nitrogens with zero attached hydrogens (tertiary/aromatic N) is 4. The average Bonchev–Trinajstić information content (AvgIpc) is 2.93. The smallest absolute Gasteiger partial charge is 0.224 e. The maximum Gasteiger partial charge on any atom is 0.224 e. The number of aromatic nitrogens is 4. The number of halogens is 1. The number of hydrogen-bond donors (Lipinski definition) is 5. The van der Waals surface area contributed by atoms with Crippen LogP contribution in [0.4, 0.5) is 11.8 Å². The van der Waals surface area contributed by atoms with Gasteiger partial charge in [-0.1, -0.05) is 0 Å². The van der Waals surface area contributed by atoms with E-state index in [1.807, 2.05) is 22.6 Å². The zero-order valence-electron chi connectivity index (χ0n) is 12.4. The molecule has 1 fully saturated rings. The van der Waals surface area contributed by atoms with Crippen molar-refractivity contribution in [2.24, 2.45) is 0 Å². The molecule has 6 N–H and O–H groups in total. The van der Waals surface area contributed by atoms with Gasteiger partial charge in [0, 0.05) is 29.6 Å². The Kier molecular flexibility index (Phi) is 4.08. The number of ether oxygens (including phenoxy) is 1. The minimum absolute atomic E-state index is 0.0382. The number of aliphatic hydroxyl groups excluding tert-OH is 2. The van der Waals surface area contributed by atoms with Crippen molar-refractivity contribution in [1.82, 2.24) is 19.5 Å². The topological polar surface area (TPSA) is 152 Å². The molecular formula is C12H17IN6O4. The lowest BCUT2D eigenvalue weighted by Crippen LogP contribution is -2.44. The van der Waals surface area contributed by atoms with Crippen molar-refractivity contribution < 1.29 is 20.1 Å². The summed E-state index contributed by atoms with van der Waals surface area (Å²) < 4.78 is 7.64. The highest BCUT2D eigenvalue weighted by molar-refractivity contribution is 14.1. The molecule has 1 saturated heterocycles. The highest BCUT2D eigenvalue weighted by Crippen LogP contribution is 2.41. The molecule has 0 bridgehead atoms. The van der Waals surface area contributed by atoms with Crippen molar-refractivity contribution in [3.63, 3.8) is 0 Å². The second kappa shape index (κ2) is 5.66. The summed E-state index contributed by atoms with van der Waals surface area (Å²) in [7, 11) is 1.68. The van der Waals surface area contributed by atoms with Gasteiger partial charge in [-0.25, -0.2) is 4.98 Å². The monoisotopic (exact) mass is 436 g/mol. The molecule has 4 atom stereocenters. The fourth-order valence-electron chi connectivity index (χ4n) is 2.71. The van der Waals surface area contributed by atoms with Crippen LogP contribution in [0.3, 0.4) is 0 Å². The van der Waals surface area contributed by atoms with Crippen molar-refractivity contribution >= 4 is 45.5 Å². The summed E-state index contributed by atoms with van der Waals surface area (Å²) in [5.41, 5.74) is 4.92. The molecular weight excluding hydrogens is 419 g/mol. The minimum atomic E-state index is -1.64. The van der Waals surface area contributed by atoms with Crippen LogP contribution >= 0.6 is 22.6 Å². The third-order valence-electron chi connectivity index (χ3n) is 3.92. The van der Waals surface area contributed by atoms with Crippen molar-refractivity contribution in [3.8, 4) is 0 Å². The zero-order valence-corrected chi connectivity index (χ0v) is 14.6. The quantitative estimate of drug-likeness (QED) is 0.303. The molecule has 3 rings (SSSR count). The van der Waals surface area contributed by atoms with Crippen LogP contribution in [0, 0.1) is 3.83 Å². The zero-order chi connectivity index (χ0) is 16.9. The molecule has 1 aliphatic heterocycles. The number of nitrogens with one attached hydrogen (secondary N) is 1. The van der Waals surface area contributed by atoms with Gasteiger partial charge < -0.3 is 31.1 Å². The Labute approximate surface area is 144 Å². The number of fused-ring (bicyclic) bond motifs is 1. The van der Waals surface area contributed by atoms with E-state index in [9.17, 15) is 15.3 Å². The van der Waals surface area contributed by atoms with Gasteiger partial charge in [-0.15, -0.1) is 0 Å². The molecule has 23 heavy (non-hydrogen) atoms. The summed E-state index contributed by atoms with van der Waals surface area (Å²) in [6, 6.07) is 0. The van der Waals surface area contributed by atoms with Crippen molar-refractivity contribution in [2.75, 3.05) is 24.7 Å². The Morgan fingerprint density at radius 3 is 2.70 bits per heavy atom. The lowest BCUT2D eigenvalue weighted by Gasteiger charge is -2.27. The second-order valence-corrected chi connectivity index (χ2v) is 6.45. The third-order valence-corrected chi connectivity index (χ3v) is 4.68. The molecule has 126 valence electrons. The molecule has 3 heterocycles. The van der Waals surface area contributed by atoms with E-state index in [1.165, 1.54) is 11.5 Å². The standard InChI is InChI=1S/C12H17IN6O4/c1-12(22)6(21)4(3-20)23-9(12)19-8-5(16-10(19)13)7(15-2)17-11(14)18-8/h4,6,9,20-22H,3H2,1-2H3,(H3,14,15,17,18)/t4-,6-,9?,12-/m1/s1. The lowest BCUT2D eigenvalue weighted by atomic mass is 9.96. The minimum Gasteiger partial charge on any atom is -0.394 e. The lowest BCUT2D eigenvalue weighted by molar-refractivity contribution is -0.0961. The van der Waals surface area contributed by atoms with Crippen LogP contribution < -0.4 is 11.1 Å². The summed E-state index contributed by atoms with van der Waals surface area (Å²) >= 11 is 1.97. The average molecular weight is 436 g/mol. The molecule has 0 amide bonds. The fraction of sp³-hybridized carbons (Fsp3) is 0.583. The number of anilines is 2. The van der Waals surface area contributed by atoms with E-state index in [2.05, 4.69) is 20.3 Å². The molecule has 1 unspecified atom stereocenters. The van der Waals surface area contributed by atoms with Crippen LogP contribution in [0.2, 0.25) is 0 Å². The van der Waals surface area contributed by atoms with Crippen molar-refractivity contribution in [3.05, 3.63) is 3.83 Å². The van der Waals surface area contributed by atoms with E-state index < -0.39 is 30.6 Å². The van der Waals surface area contributed by atoms with Crippen LogP contribution in [-0.4, -0.2) is 66.3 Å². The Bertz CT molecular complexity index is 751. The Morgan fingerprint density at radius 2 is 2.13 bits per heavy atom. The molecule has 10 nitrogen and oxygen atoms in total. The number of rotatable bonds is 3. The number of imidazole rings is 1. The predicted molar refractivity (Wildman–Crippen MR) is 89.6 cm³/mol. The van der Waals surface area contributed by atoms with E-state index >= 15 is 0 Å². The summed E-state index contributed by atoms with van der Waals surface area (Å²) in [5, 5.41) is 33.0. The number of hydrogen-bond acceptors (Lipinski definition) is 9. The van der Waals surface area contributed by atoms with Crippen molar-refractivity contribution in [1.29, 1.82) is 0 Å². The SMILES string of the molecule is CNc1nc(N)nc2c1nc(I)n2C1O[C@H](CO)[C@@H](O)[C@@]1(C)O. The third kappa shape index (κ3) is 2.42. The molecule has 1 aliphatic rings. The first-order valence-corrected chi connectivity index (χ1v) is 7.94. The number of nitrogens with two attached hydrogens (primary N) is 1. The first-order chi connectivity index (χ1) is 10.8. The number of aliphatic hydroxyl groups is 3. The summed E-state index contributed by atoms with van der Waals surface area (Å²) in [4.78, 5) is 12.6. The molecule has 0 radical (unpaired) electrons. The fourth-order valence-corrected chi connectivity index (χ4v) is 3.43. The van der Waals surface area contributed by atoms with E-state index in [1.54, 1.807) is 7.05 Å². The summed E-state index contributed by atoms with van der Waals surface area (Å²) in [6.45, 7) is 1.01. The van der Waals surface area contributed by atoms with Crippen molar-refractivity contribution in [2.45, 2.75) is 31.0 Å². The first kappa shape index (κ1) is 16.6. The normalized spacial score (nSPS) is 31.0. The molecule has 0 aromatic carbocycles. The van der Waals surface area contributed by atoms with E-state index in [0.29, 0.717) is 20.8 Å². The molecule has 2 aromatic rings. The maximum absolute atomic E-state index is 10.6. The first-order valence-electron chi connectivity index (χ1n) is 6.86. The molecule has 0 saturated carbocycles. The summed E-state index contributed by atoms with van der Waals surface area (Å²) in [6.07, 6.45) is -3.15. The molecule has 2 aromatic heterocycles. The predicted octanol–water partition coefficient (Wildman–Crippen LogP) is -0.944. The molecule has 0 aliphatic carbocycles. The van der Waals surface area contributed by atoms with Gasteiger partial charge >= 0.3 is 0 Å². The molecule has 0 spiro atoms. The van der Waals surface area contributed by atoms with Gasteiger partial charge in [0.2, 0.25) is 5.95 Å². The van der Waals surface area contributed by atoms with Gasteiger partial charge in [0.15, 0.2) is 27.0 Å². The van der Waals surface area contributed by atoms with Gasteiger partial charge in [-0.3, -0.25) is 4.57 Å². The largest absolute Gasteiger partial charge is 0.394 e. The highest BCUT2D eigenvalue weighted by atomic mass is 127. The molecule has 11 heteroatoms. The van der Waals surface area contributed by atoms with Crippen LogP contribution in [0.5, 0.6) is 0 Å². The Morgan fingerprint density at radius 1 is 1.43 bits per heavy atom. The highest BCUT2D eigenvalue weighted by Gasteiger charge is 2.53. The van der Waals surface area contributed by atoms with Crippen LogP contribution in [-0.2, 0) is 4.74 Å². The van der Waals surface area contributed by atoms with E-state index in [-0.39, 0.29) is 5.95 Å². The van der Waals surface area contributed by atoms with E-state index in [0.717, 1.165) is 0 Å². The van der Waals surface area contributed by atoms with Gasteiger partial charge in [0.1, 0.15) is 17.8 Å². The van der Waals surface area contributed by atoms with E-state index in [4.69, 9.17) is 10.5 Å². The van der Waals surface area contributed by atoms with Crippen LogP contribution in [0.15, 0.2) is 0 Å². The van der Waals surface area contributed by atoms with Gasteiger partial charge in [0.25, 0.3) is 0 Å². The maximum atomic E-state index is 10.6. The van der Waals surface area contributed by atoms with Crippen LogP contribution in [0.1, 0.15) is 13.2 Å². The summed E-state index contributed by atoms with van der Waals surface area (Å²) in [5.74, 6) is 0.484.